The first-order valence-corrected chi connectivity index (χ1v) is 9.68. The van der Waals surface area contributed by atoms with E-state index in [1.807, 2.05) is 14.1 Å². The lowest BCUT2D eigenvalue weighted by Crippen LogP contribution is -2.39. The molecule has 1 saturated heterocycles. The van der Waals surface area contributed by atoms with E-state index < -0.39 is 6.43 Å². The number of aryl methyl sites for hydroxylation is 1. The van der Waals surface area contributed by atoms with Gasteiger partial charge in [0, 0.05) is 56.8 Å². The molecule has 3 aromatic rings. The highest BCUT2D eigenvalue weighted by molar-refractivity contribution is 5.93. The molecular formula is C20H22F2N6O2. The van der Waals surface area contributed by atoms with Gasteiger partial charge in [-0.15, -0.1) is 0 Å². The fourth-order valence-corrected chi connectivity index (χ4v) is 3.78. The summed E-state index contributed by atoms with van der Waals surface area (Å²) in [7, 11) is 3.64. The molecule has 158 valence electrons. The van der Waals surface area contributed by atoms with Gasteiger partial charge in [-0.3, -0.25) is 4.79 Å². The van der Waals surface area contributed by atoms with Crippen LogP contribution >= 0.6 is 0 Å². The van der Waals surface area contributed by atoms with Gasteiger partial charge in [0.05, 0.1) is 16.6 Å². The Hall–Kier alpha value is -3.17. The van der Waals surface area contributed by atoms with Crippen molar-refractivity contribution in [1.29, 1.82) is 0 Å². The van der Waals surface area contributed by atoms with Crippen LogP contribution in [0, 0.1) is 6.92 Å². The molecule has 0 radical (unpaired) electrons. The number of nitrogens with zero attached hydrogens (tertiary/aromatic N) is 6. The molecule has 3 aromatic heterocycles. The first kappa shape index (κ1) is 20.1. The van der Waals surface area contributed by atoms with Crippen LogP contribution in [-0.4, -0.2) is 58.1 Å². The summed E-state index contributed by atoms with van der Waals surface area (Å²) < 4.78 is 32.4. The van der Waals surface area contributed by atoms with Gasteiger partial charge in [-0.2, -0.15) is 0 Å². The van der Waals surface area contributed by atoms with Crippen LogP contribution in [0.4, 0.5) is 14.7 Å². The molecule has 4 heterocycles. The number of carbonyl (C=O) groups excluding carboxylic acids is 1. The molecule has 0 saturated carbocycles. The summed E-state index contributed by atoms with van der Waals surface area (Å²) in [6, 6.07) is 1.42. The second kappa shape index (κ2) is 7.92. The molecule has 1 aliphatic heterocycles. The lowest BCUT2D eigenvalue weighted by Gasteiger charge is -2.32. The summed E-state index contributed by atoms with van der Waals surface area (Å²) >= 11 is 0. The minimum atomic E-state index is -2.67. The molecule has 1 atom stereocenters. The molecule has 1 fully saturated rings. The lowest BCUT2D eigenvalue weighted by molar-refractivity contribution is 0.0704. The number of likely N-dealkylation sites (tertiary alicyclic amines) is 1. The van der Waals surface area contributed by atoms with Crippen molar-refractivity contribution in [2.75, 3.05) is 32.1 Å². The number of rotatable bonds is 4. The van der Waals surface area contributed by atoms with E-state index in [1.54, 1.807) is 16.7 Å². The molecule has 10 heteroatoms. The van der Waals surface area contributed by atoms with Crippen molar-refractivity contribution >= 4 is 23.0 Å². The van der Waals surface area contributed by atoms with E-state index in [0.29, 0.717) is 36.0 Å². The molecule has 30 heavy (non-hydrogen) atoms. The predicted octanol–water partition coefficient (Wildman–Crippen LogP) is 3.34. The molecular weight excluding hydrogens is 394 g/mol. The highest BCUT2D eigenvalue weighted by Crippen LogP contribution is 2.34. The van der Waals surface area contributed by atoms with Gasteiger partial charge in [0.2, 0.25) is 5.95 Å². The fraction of sp³-hybridized carbons (Fsp3) is 0.450. The molecule has 0 spiro atoms. The van der Waals surface area contributed by atoms with Gasteiger partial charge in [0.25, 0.3) is 18.0 Å². The molecule has 8 nitrogen and oxygen atoms in total. The molecule has 0 aromatic carbocycles. The predicted molar refractivity (Wildman–Crippen MR) is 106 cm³/mol. The second-order valence-corrected chi connectivity index (χ2v) is 7.64. The van der Waals surface area contributed by atoms with Gasteiger partial charge < -0.3 is 14.3 Å². The average molecular weight is 416 g/mol. The maximum Gasteiger partial charge on any atom is 0.264 e. The maximum absolute atomic E-state index is 13.6. The third-order valence-corrected chi connectivity index (χ3v) is 5.31. The van der Waals surface area contributed by atoms with Gasteiger partial charge >= 0.3 is 0 Å². The second-order valence-electron chi connectivity index (χ2n) is 7.64. The SMILES string of the molecule is Cc1noc2nc([C@@H]3CCCN(C(=O)c4cnc(N(C)C)nc4)C3)cc(C(F)F)c12. The fourth-order valence-electron chi connectivity index (χ4n) is 3.78. The smallest absolute Gasteiger partial charge is 0.264 e. The monoisotopic (exact) mass is 416 g/mol. The van der Waals surface area contributed by atoms with Crippen LogP contribution in [0.1, 0.15) is 52.5 Å². The Labute approximate surface area is 171 Å². The van der Waals surface area contributed by atoms with E-state index in [9.17, 15) is 13.6 Å². The van der Waals surface area contributed by atoms with Crippen molar-refractivity contribution in [3.8, 4) is 0 Å². The van der Waals surface area contributed by atoms with Crippen molar-refractivity contribution in [1.82, 2.24) is 25.0 Å². The number of halogens is 2. The van der Waals surface area contributed by atoms with Crippen molar-refractivity contribution in [3.05, 3.63) is 41.0 Å². The van der Waals surface area contributed by atoms with Crippen LogP contribution in [0.25, 0.3) is 11.1 Å². The molecule has 4 rings (SSSR count). The highest BCUT2D eigenvalue weighted by atomic mass is 19.3. The molecule has 0 bridgehead atoms. The Balaban J connectivity index is 1.59. The Morgan fingerprint density at radius 3 is 2.70 bits per heavy atom. The van der Waals surface area contributed by atoms with Crippen LogP contribution in [0.3, 0.4) is 0 Å². The molecule has 0 unspecified atom stereocenters. The standard InChI is InChI=1S/C20H22F2N6O2/c1-11-16-14(17(21)22)7-15(25-18(16)30-26-11)12-5-4-6-28(10-12)19(29)13-8-23-20(24-9-13)27(2)3/h7-9,12,17H,4-6,10H2,1-3H3/t12-/m1/s1. The normalized spacial score (nSPS) is 17.0. The van der Waals surface area contributed by atoms with Crippen molar-refractivity contribution in [2.45, 2.75) is 32.1 Å². The quantitative estimate of drug-likeness (QED) is 0.644. The van der Waals surface area contributed by atoms with Crippen LogP contribution in [0.15, 0.2) is 23.0 Å². The van der Waals surface area contributed by atoms with Gasteiger partial charge in [0.1, 0.15) is 0 Å². The number of carbonyl (C=O) groups is 1. The van der Waals surface area contributed by atoms with Crippen LogP contribution in [0.5, 0.6) is 0 Å². The average Bonchev–Trinajstić information content (AvgIpc) is 3.13. The van der Waals surface area contributed by atoms with Crippen molar-refractivity contribution < 1.29 is 18.1 Å². The molecule has 1 aliphatic rings. The summed E-state index contributed by atoms with van der Waals surface area (Å²) in [6.45, 7) is 2.57. The third kappa shape index (κ3) is 3.69. The van der Waals surface area contributed by atoms with Crippen LogP contribution in [-0.2, 0) is 0 Å². The minimum Gasteiger partial charge on any atom is -0.347 e. The van der Waals surface area contributed by atoms with E-state index in [0.717, 1.165) is 12.8 Å². The Morgan fingerprint density at radius 1 is 1.30 bits per heavy atom. The first-order valence-electron chi connectivity index (χ1n) is 9.68. The number of hydrogen-bond acceptors (Lipinski definition) is 7. The van der Waals surface area contributed by atoms with Crippen LogP contribution in [0.2, 0.25) is 0 Å². The largest absolute Gasteiger partial charge is 0.347 e. The number of anilines is 1. The number of piperidine rings is 1. The Kier molecular flexibility index (Phi) is 5.31. The lowest BCUT2D eigenvalue weighted by atomic mass is 9.92. The summed E-state index contributed by atoms with van der Waals surface area (Å²) in [5.74, 6) is 0.162. The van der Waals surface area contributed by atoms with E-state index in [2.05, 4.69) is 20.1 Å². The van der Waals surface area contributed by atoms with Crippen molar-refractivity contribution in [2.24, 2.45) is 0 Å². The zero-order valence-electron chi connectivity index (χ0n) is 17.0. The zero-order chi connectivity index (χ0) is 21.4. The summed E-state index contributed by atoms with van der Waals surface area (Å²) in [6.07, 6.45) is 1.83. The molecule has 1 amide bonds. The Bertz CT molecular complexity index is 1070. The number of fused-ring (bicyclic) bond motifs is 1. The van der Waals surface area contributed by atoms with Crippen molar-refractivity contribution in [3.63, 3.8) is 0 Å². The number of aromatic nitrogens is 4. The van der Waals surface area contributed by atoms with E-state index >= 15 is 0 Å². The number of hydrogen-bond donors (Lipinski definition) is 0. The van der Waals surface area contributed by atoms with Gasteiger partial charge in [0.15, 0.2) is 0 Å². The minimum absolute atomic E-state index is 0.108. The highest BCUT2D eigenvalue weighted by Gasteiger charge is 2.29. The summed E-state index contributed by atoms with van der Waals surface area (Å²) in [5, 5.41) is 4.03. The summed E-state index contributed by atoms with van der Waals surface area (Å²) in [4.78, 5) is 29.2. The van der Waals surface area contributed by atoms with E-state index in [4.69, 9.17) is 4.52 Å². The van der Waals surface area contributed by atoms with E-state index in [-0.39, 0.29) is 28.5 Å². The number of pyridine rings is 1. The molecule has 0 N–H and O–H groups in total. The number of amides is 1. The Morgan fingerprint density at radius 2 is 2.03 bits per heavy atom. The topological polar surface area (TPSA) is 88.2 Å². The van der Waals surface area contributed by atoms with Gasteiger partial charge in [-0.25, -0.2) is 23.7 Å². The van der Waals surface area contributed by atoms with Gasteiger partial charge in [-0.05, 0) is 25.8 Å². The maximum atomic E-state index is 13.6. The van der Waals surface area contributed by atoms with E-state index in [1.165, 1.54) is 18.5 Å². The first-order chi connectivity index (χ1) is 14.3. The van der Waals surface area contributed by atoms with Crippen LogP contribution < -0.4 is 4.90 Å². The third-order valence-electron chi connectivity index (χ3n) is 5.31. The zero-order valence-corrected chi connectivity index (χ0v) is 17.0. The molecule has 0 aliphatic carbocycles. The number of alkyl halides is 2. The van der Waals surface area contributed by atoms with Gasteiger partial charge in [-0.1, -0.05) is 5.16 Å². The summed E-state index contributed by atoms with van der Waals surface area (Å²) in [5.41, 5.74) is 1.25.